The highest BCUT2D eigenvalue weighted by atomic mass is 32.2. The summed E-state index contributed by atoms with van der Waals surface area (Å²) >= 11 is 0. The highest BCUT2D eigenvalue weighted by Crippen LogP contribution is 2.18. The van der Waals surface area contributed by atoms with E-state index in [2.05, 4.69) is 16.0 Å². The van der Waals surface area contributed by atoms with Gasteiger partial charge in [-0.1, -0.05) is 13.8 Å². The third-order valence-electron chi connectivity index (χ3n) is 4.14. The van der Waals surface area contributed by atoms with Crippen molar-refractivity contribution in [2.24, 2.45) is 0 Å². The molecule has 0 bridgehead atoms. The van der Waals surface area contributed by atoms with Gasteiger partial charge < -0.3 is 16.0 Å². The van der Waals surface area contributed by atoms with Crippen LogP contribution in [0, 0.1) is 0 Å². The molecule has 0 radical (unpaired) electrons. The topological polar surface area (TPSA) is 108 Å². The summed E-state index contributed by atoms with van der Waals surface area (Å²) in [5, 5.41) is 8.35. The number of anilines is 3. The predicted octanol–water partition coefficient (Wildman–Crippen LogP) is 2.73. The molecule has 2 aromatic carbocycles. The van der Waals surface area contributed by atoms with E-state index in [1.165, 1.54) is 23.4 Å². The van der Waals surface area contributed by atoms with Crippen LogP contribution in [-0.2, 0) is 19.6 Å². The highest BCUT2D eigenvalue weighted by molar-refractivity contribution is 7.89. The second-order valence-corrected chi connectivity index (χ2v) is 8.21. The average molecular weight is 419 g/mol. The molecule has 0 unspecified atom stereocenters. The average Bonchev–Trinajstić information content (AvgIpc) is 2.68. The van der Waals surface area contributed by atoms with Gasteiger partial charge in [0.2, 0.25) is 21.8 Å². The zero-order valence-electron chi connectivity index (χ0n) is 16.7. The first kappa shape index (κ1) is 22.4. The standard InChI is InChI=1S/C20H26N4O4S/c1-4-24(5-2)29(27,28)19-12-10-16(11-13-19)21-14-20(26)23-18-8-6-17(7-9-18)22-15(3)25/h6-13,21H,4-5,14H2,1-3H3,(H,22,25)(H,23,26). The number of carbonyl (C=O) groups is 2. The molecular weight excluding hydrogens is 392 g/mol. The molecule has 0 aromatic heterocycles. The third-order valence-corrected chi connectivity index (χ3v) is 6.20. The summed E-state index contributed by atoms with van der Waals surface area (Å²) in [6.45, 7) is 5.85. The summed E-state index contributed by atoms with van der Waals surface area (Å²) in [6.07, 6.45) is 0. The van der Waals surface area contributed by atoms with Crippen molar-refractivity contribution in [3.05, 3.63) is 48.5 Å². The van der Waals surface area contributed by atoms with E-state index in [-0.39, 0.29) is 23.3 Å². The van der Waals surface area contributed by atoms with Gasteiger partial charge in [0.15, 0.2) is 0 Å². The minimum Gasteiger partial charge on any atom is -0.376 e. The molecule has 9 heteroatoms. The van der Waals surface area contributed by atoms with Crippen LogP contribution in [0.2, 0.25) is 0 Å². The summed E-state index contributed by atoms with van der Waals surface area (Å²) in [5.41, 5.74) is 1.89. The molecule has 8 nitrogen and oxygen atoms in total. The van der Waals surface area contributed by atoms with Crippen molar-refractivity contribution >= 4 is 38.9 Å². The molecule has 0 aliphatic rings. The van der Waals surface area contributed by atoms with Gasteiger partial charge in [-0.15, -0.1) is 0 Å². The lowest BCUT2D eigenvalue weighted by Gasteiger charge is -2.18. The molecule has 0 aliphatic heterocycles. The highest BCUT2D eigenvalue weighted by Gasteiger charge is 2.21. The zero-order chi connectivity index (χ0) is 21.4. The van der Waals surface area contributed by atoms with E-state index in [1.54, 1.807) is 50.2 Å². The molecule has 2 rings (SSSR count). The Labute approximate surface area is 171 Å². The number of sulfonamides is 1. The largest absolute Gasteiger partial charge is 0.376 e. The first-order valence-electron chi connectivity index (χ1n) is 9.27. The molecule has 0 saturated carbocycles. The van der Waals surface area contributed by atoms with Gasteiger partial charge in [-0.3, -0.25) is 9.59 Å². The van der Waals surface area contributed by atoms with Gasteiger partial charge in [-0.25, -0.2) is 8.42 Å². The molecule has 0 aliphatic carbocycles. The van der Waals surface area contributed by atoms with E-state index in [9.17, 15) is 18.0 Å². The van der Waals surface area contributed by atoms with Crippen LogP contribution in [0.3, 0.4) is 0 Å². The van der Waals surface area contributed by atoms with Crippen LogP contribution >= 0.6 is 0 Å². The van der Waals surface area contributed by atoms with Gasteiger partial charge in [0, 0.05) is 37.1 Å². The Bertz CT molecular complexity index is 937. The molecule has 0 spiro atoms. The van der Waals surface area contributed by atoms with Crippen molar-refractivity contribution in [1.82, 2.24) is 4.31 Å². The quantitative estimate of drug-likeness (QED) is 0.580. The van der Waals surface area contributed by atoms with Crippen molar-refractivity contribution in [2.45, 2.75) is 25.7 Å². The summed E-state index contributed by atoms with van der Waals surface area (Å²) in [4.78, 5) is 23.3. The predicted molar refractivity (Wildman–Crippen MR) is 114 cm³/mol. The monoisotopic (exact) mass is 418 g/mol. The van der Waals surface area contributed by atoms with Crippen molar-refractivity contribution in [2.75, 3.05) is 35.6 Å². The van der Waals surface area contributed by atoms with Gasteiger partial charge in [0.1, 0.15) is 0 Å². The summed E-state index contributed by atoms with van der Waals surface area (Å²) in [5.74, 6) is -0.418. The van der Waals surface area contributed by atoms with Crippen molar-refractivity contribution in [3.8, 4) is 0 Å². The minimum atomic E-state index is -3.50. The molecule has 0 saturated heterocycles. The van der Waals surface area contributed by atoms with Gasteiger partial charge in [-0.05, 0) is 48.5 Å². The van der Waals surface area contributed by atoms with E-state index >= 15 is 0 Å². The Balaban J connectivity index is 1.91. The number of amides is 2. The Kier molecular flexibility index (Phi) is 7.74. The molecule has 2 amide bonds. The number of nitrogens with zero attached hydrogens (tertiary/aromatic N) is 1. The maximum atomic E-state index is 12.5. The summed E-state index contributed by atoms with van der Waals surface area (Å²) in [6, 6.07) is 13.1. The Morgan fingerprint density at radius 2 is 1.31 bits per heavy atom. The Morgan fingerprint density at radius 1 is 0.828 bits per heavy atom. The van der Waals surface area contributed by atoms with Crippen LogP contribution in [0.4, 0.5) is 17.1 Å². The lowest BCUT2D eigenvalue weighted by Crippen LogP contribution is -2.30. The van der Waals surface area contributed by atoms with E-state index in [1.807, 2.05) is 0 Å². The molecule has 3 N–H and O–H groups in total. The van der Waals surface area contributed by atoms with Crippen LogP contribution < -0.4 is 16.0 Å². The van der Waals surface area contributed by atoms with Crippen molar-refractivity contribution in [1.29, 1.82) is 0 Å². The Morgan fingerprint density at radius 3 is 1.79 bits per heavy atom. The molecule has 2 aromatic rings. The van der Waals surface area contributed by atoms with Crippen LogP contribution in [0.15, 0.2) is 53.4 Å². The van der Waals surface area contributed by atoms with E-state index in [4.69, 9.17) is 0 Å². The number of nitrogens with one attached hydrogen (secondary N) is 3. The molecule has 0 atom stereocenters. The lowest BCUT2D eigenvalue weighted by atomic mass is 10.2. The van der Waals surface area contributed by atoms with Gasteiger partial charge >= 0.3 is 0 Å². The van der Waals surface area contributed by atoms with Crippen LogP contribution in [0.25, 0.3) is 0 Å². The number of hydrogen-bond acceptors (Lipinski definition) is 5. The number of rotatable bonds is 9. The maximum absolute atomic E-state index is 12.5. The molecular formula is C20H26N4O4S. The second kappa shape index (κ2) is 10.0. The summed E-state index contributed by atoms with van der Waals surface area (Å²) < 4.78 is 26.3. The fourth-order valence-corrected chi connectivity index (χ4v) is 4.14. The molecule has 29 heavy (non-hydrogen) atoms. The zero-order valence-corrected chi connectivity index (χ0v) is 17.5. The number of hydrogen-bond donors (Lipinski definition) is 3. The number of carbonyl (C=O) groups excluding carboxylic acids is 2. The van der Waals surface area contributed by atoms with Gasteiger partial charge in [0.25, 0.3) is 0 Å². The van der Waals surface area contributed by atoms with Crippen LogP contribution in [0.5, 0.6) is 0 Å². The first-order valence-corrected chi connectivity index (χ1v) is 10.7. The minimum absolute atomic E-state index is 0.0234. The summed E-state index contributed by atoms with van der Waals surface area (Å²) in [7, 11) is -3.50. The van der Waals surface area contributed by atoms with Gasteiger partial charge in [0.05, 0.1) is 11.4 Å². The third kappa shape index (κ3) is 6.30. The van der Waals surface area contributed by atoms with E-state index in [0.717, 1.165) is 0 Å². The van der Waals surface area contributed by atoms with E-state index < -0.39 is 10.0 Å². The van der Waals surface area contributed by atoms with Crippen molar-refractivity contribution in [3.63, 3.8) is 0 Å². The fraction of sp³-hybridized carbons (Fsp3) is 0.300. The molecule has 0 fully saturated rings. The molecule has 0 heterocycles. The number of benzene rings is 2. The Hall–Kier alpha value is -2.91. The van der Waals surface area contributed by atoms with Gasteiger partial charge in [-0.2, -0.15) is 4.31 Å². The van der Waals surface area contributed by atoms with Crippen molar-refractivity contribution < 1.29 is 18.0 Å². The van der Waals surface area contributed by atoms with Crippen LogP contribution in [0.1, 0.15) is 20.8 Å². The molecule has 156 valence electrons. The fourth-order valence-electron chi connectivity index (χ4n) is 2.69. The SMILES string of the molecule is CCN(CC)S(=O)(=O)c1ccc(NCC(=O)Nc2ccc(NC(C)=O)cc2)cc1. The smallest absolute Gasteiger partial charge is 0.243 e. The lowest BCUT2D eigenvalue weighted by molar-refractivity contribution is -0.115. The normalized spacial score (nSPS) is 11.2. The van der Waals surface area contributed by atoms with E-state index in [0.29, 0.717) is 30.2 Å². The second-order valence-electron chi connectivity index (χ2n) is 6.27. The first-order chi connectivity index (χ1) is 13.8. The van der Waals surface area contributed by atoms with Crippen LogP contribution in [-0.4, -0.2) is 44.2 Å². The maximum Gasteiger partial charge on any atom is 0.243 e.